The number of nitrogens with zero attached hydrogens (tertiary/aromatic N) is 4. The molecule has 3 aromatic carbocycles. The molecule has 3 aromatic rings. The molecule has 0 N–H and O–H groups in total. The van der Waals surface area contributed by atoms with E-state index in [2.05, 4.69) is 10.2 Å². The third kappa shape index (κ3) is 3.80. The number of carbonyl (C=O) groups excluding carboxylic acids is 2. The molecular weight excluding hydrogens is 448 g/mol. The fraction of sp³-hybridized carbons (Fsp3) is 0.185. The van der Waals surface area contributed by atoms with Crippen molar-refractivity contribution in [2.75, 3.05) is 10.0 Å². The molecule has 6 nitrogen and oxygen atoms in total. The van der Waals surface area contributed by atoms with Gasteiger partial charge in [-0.2, -0.15) is 10.2 Å². The van der Waals surface area contributed by atoms with E-state index in [0.29, 0.717) is 27.8 Å². The van der Waals surface area contributed by atoms with Gasteiger partial charge >= 0.3 is 0 Å². The van der Waals surface area contributed by atoms with Crippen molar-refractivity contribution >= 4 is 46.2 Å². The second-order valence-corrected chi connectivity index (χ2v) is 8.92. The third-order valence-electron chi connectivity index (χ3n) is 6.34. The number of halogens is 1. The van der Waals surface area contributed by atoms with Crippen LogP contribution in [0, 0.1) is 11.8 Å². The van der Waals surface area contributed by atoms with Crippen LogP contribution in [-0.2, 0) is 9.59 Å². The zero-order valence-electron chi connectivity index (χ0n) is 18.8. The van der Waals surface area contributed by atoms with Gasteiger partial charge in [0.1, 0.15) is 0 Å². The first-order chi connectivity index (χ1) is 16.5. The maximum atomic E-state index is 13.7. The number of carbonyl (C=O) groups is 2. The van der Waals surface area contributed by atoms with E-state index in [0.717, 1.165) is 5.56 Å². The van der Waals surface area contributed by atoms with Crippen LogP contribution in [0.3, 0.4) is 0 Å². The summed E-state index contributed by atoms with van der Waals surface area (Å²) in [6, 6.07) is 26.0. The average Bonchev–Trinajstić information content (AvgIpc) is 3.32. The van der Waals surface area contributed by atoms with Gasteiger partial charge in [0.2, 0.25) is 0 Å². The van der Waals surface area contributed by atoms with Gasteiger partial charge in [0.15, 0.2) is 0 Å². The van der Waals surface area contributed by atoms with E-state index in [1.807, 2.05) is 86.6 Å². The number of hydrogen-bond donors (Lipinski definition) is 0. The van der Waals surface area contributed by atoms with Crippen molar-refractivity contribution in [1.29, 1.82) is 0 Å². The van der Waals surface area contributed by atoms with Gasteiger partial charge in [-0.05, 0) is 55.8 Å². The molecule has 170 valence electrons. The van der Waals surface area contributed by atoms with E-state index in [4.69, 9.17) is 11.6 Å². The molecule has 5 rings (SSSR count). The summed E-state index contributed by atoms with van der Waals surface area (Å²) < 4.78 is 0. The lowest BCUT2D eigenvalue weighted by Gasteiger charge is -2.28. The Hall–Kier alpha value is -3.77. The molecule has 0 saturated carbocycles. The molecule has 2 aliphatic heterocycles. The number of hydrogen-bond acceptors (Lipinski definition) is 4. The van der Waals surface area contributed by atoms with Crippen molar-refractivity contribution in [3.8, 4) is 0 Å². The summed E-state index contributed by atoms with van der Waals surface area (Å²) in [5.41, 5.74) is 3.55. The maximum Gasteiger partial charge on any atom is 0.256 e. The minimum Gasteiger partial charge on any atom is -0.272 e. The maximum absolute atomic E-state index is 13.7. The molecule has 0 aliphatic carbocycles. The topological polar surface area (TPSA) is 65.3 Å². The van der Waals surface area contributed by atoms with Crippen molar-refractivity contribution in [2.45, 2.75) is 19.8 Å². The Bertz CT molecular complexity index is 1210. The predicted octanol–water partition coefficient (Wildman–Crippen LogP) is 5.50. The minimum atomic E-state index is -0.615. The Morgan fingerprint density at radius 3 is 1.50 bits per heavy atom. The van der Waals surface area contributed by atoms with Gasteiger partial charge in [-0.25, -0.2) is 10.0 Å². The SMILES string of the molecule is CC1=NN(c2ccccc2)C(=O)C1C(c1ccc(Cl)cc1)C1C(=O)N(c2ccccc2)N=C1C. The van der Waals surface area contributed by atoms with E-state index < -0.39 is 17.8 Å². The first-order valence-corrected chi connectivity index (χ1v) is 11.5. The third-order valence-corrected chi connectivity index (χ3v) is 6.59. The van der Waals surface area contributed by atoms with E-state index in [9.17, 15) is 9.59 Å². The lowest BCUT2D eigenvalue weighted by molar-refractivity contribution is -0.122. The van der Waals surface area contributed by atoms with Crippen molar-refractivity contribution in [3.63, 3.8) is 0 Å². The molecule has 2 amide bonds. The smallest absolute Gasteiger partial charge is 0.256 e. The summed E-state index contributed by atoms with van der Waals surface area (Å²) >= 11 is 6.16. The molecule has 0 radical (unpaired) electrons. The Balaban J connectivity index is 1.57. The molecular formula is C27H23ClN4O2. The highest BCUT2D eigenvalue weighted by Gasteiger charge is 2.50. The van der Waals surface area contributed by atoms with Crippen LogP contribution < -0.4 is 10.0 Å². The van der Waals surface area contributed by atoms with Crippen LogP contribution in [0.2, 0.25) is 5.02 Å². The van der Waals surface area contributed by atoms with Crippen LogP contribution in [0.15, 0.2) is 95.1 Å². The van der Waals surface area contributed by atoms with Crippen molar-refractivity contribution in [1.82, 2.24) is 0 Å². The summed E-state index contributed by atoms with van der Waals surface area (Å²) in [4.78, 5) is 27.5. The fourth-order valence-electron chi connectivity index (χ4n) is 4.76. The average molecular weight is 471 g/mol. The zero-order valence-corrected chi connectivity index (χ0v) is 19.6. The van der Waals surface area contributed by atoms with E-state index in [1.165, 1.54) is 10.0 Å². The highest BCUT2D eigenvalue weighted by atomic mass is 35.5. The normalized spacial score (nSPS) is 21.0. The summed E-state index contributed by atoms with van der Waals surface area (Å²) in [6.45, 7) is 3.69. The molecule has 2 atom stereocenters. The molecule has 2 heterocycles. The van der Waals surface area contributed by atoms with Crippen LogP contribution in [-0.4, -0.2) is 23.2 Å². The number of rotatable bonds is 5. The highest BCUT2D eigenvalue weighted by Crippen LogP contribution is 2.42. The zero-order chi connectivity index (χ0) is 23.8. The van der Waals surface area contributed by atoms with Crippen LogP contribution in [0.25, 0.3) is 0 Å². The molecule has 0 bridgehead atoms. The second kappa shape index (κ2) is 8.88. The number of hydrazone groups is 2. The van der Waals surface area contributed by atoms with Gasteiger partial charge < -0.3 is 0 Å². The van der Waals surface area contributed by atoms with Gasteiger partial charge in [-0.15, -0.1) is 0 Å². The minimum absolute atomic E-state index is 0.164. The van der Waals surface area contributed by atoms with Crippen LogP contribution in [0.1, 0.15) is 25.3 Å². The number of amides is 2. The fourth-order valence-corrected chi connectivity index (χ4v) is 4.88. The summed E-state index contributed by atoms with van der Waals surface area (Å²) in [5.74, 6) is -2.04. The molecule has 2 aliphatic rings. The molecule has 0 spiro atoms. The van der Waals surface area contributed by atoms with E-state index in [-0.39, 0.29) is 11.8 Å². The molecule has 0 saturated heterocycles. The van der Waals surface area contributed by atoms with Gasteiger partial charge in [0, 0.05) is 22.4 Å². The number of benzene rings is 3. The summed E-state index contributed by atoms with van der Waals surface area (Å²) in [6.07, 6.45) is 0. The van der Waals surface area contributed by atoms with Crippen LogP contribution in [0.5, 0.6) is 0 Å². The van der Waals surface area contributed by atoms with Gasteiger partial charge in [0.05, 0.1) is 23.2 Å². The van der Waals surface area contributed by atoms with Crippen molar-refractivity contribution in [2.24, 2.45) is 22.0 Å². The van der Waals surface area contributed by atoms with Crippen molar-refractivity contribution < 1.29 is 9.59 Å². The van der Waals surface area contributed by atoms with Crippen LogP contribution >= 0.6 is 11.6 Å². The molecule has 34 heavy (non-hydrogen) atoms. The number of anilines is 2. The van der Waals surface area contributed by atoms with E-state index in [1.54, 1.807) is 12.1 Å². The first-order valence-electron chi connectivity index (χ1n) is 11.1. The Kier molecular flexibility index (Phi) is 5.75. The Labute approximate surface area is 203 Å². The second-order valence-electron chi connectivity index (χ2n) is 8.49. The standard InChI is InChI=1S/C27H23ClN4O2/c1-17-23(26(33)31(29-17)21-9-5-3-6-10-21)25(19-13-15-20(28)16-14-19)24-18(2)30-32(27(24)34)22-11-7-4-8-12-22/h3-16,23-25H,1-2H3. The quantitative estimate of drug-likeness (QED) is 0.494. The lowest BCUT2D eigenvalue weighted by Crippen LogP contribution is -2.40. The first kappa shape index (κ1) is 22.0. The Morgan fingerprint density at radius 1 is 0.676 bits per heavy atom. The largest absolute Gasteiger partial charge is 0.272 e. The molecule has 2 unspecified atom stereocenters. The number of para-hydroxylation sites is 2. The Morgan fingerprint density at radius 2 is 1.09 bits per heavy atom. The van der Waals surface area contributed by atoms with Gasteiger partial charge in [-0.1, -0.05) is 60.1 Å². The van der Waals surface area contributed by atoms with Gasteiger partial charge in [0.25, 0.3) is 11.8 Å². The molecule has 7 heteroatoms. The molecule has 0 fully saturated rings. The predicted molar refractivity (Wildman–Crippen MR) is 135 cm³/mol. The summed E-state index contributed by atoms with van der Waals surface area (Å²) in [5, 5.41) is 12.6. The van der Waals surface area contributed by atoms with Gasteiger partial charge in [-0.3, -0.25) is 9.59 Å². The summed E-state index contributed by atoms with van der Waals surface area (Å²) in [7, 11) is 0. The van der Waals surface area contributed by atoms with Crippen LogP contribution in [0.4, 0.5) is 11.4 Å². The monoisotopic (exact) mass is 470 g/mol. The van der Waals surface area contributed by atoms with E-state index >= 15 is 0 Å². The van der Waals surface area contributed by atoms with Crippen molar-refractivity contribution in [3.05, 3.63) is 95.5 Å². The molecule has 0 aromatic heterocycles. The lowest BCUT2D eigenvalue weighted by atomic mass is 9.73. The highest BCUT2D eigenvalue weighted by molar-refractivity contribution is 6.30.